The summed E-state index contributed by atoms with van der Waals surface area (Å²) in [4.78, 5) is 0. The molecule has 0 fully saturated rings. The molecule has 0 aliphatic heterocycles. The third-order valence-corrected chi connectivity index (χ3v) is 1.96. The van der Waals surface area contributed by atoms with Crippen LogP contribution in [-0.2, 0) is 6.42 Å². The van der Waals surface area contributed by atoms with Gasteiger partial charge in [0.15, 0.2) is 0 Å². The minimum absolute atomic E-state index is 0. The van der Waals surface area contributed by atoms with Crippen LogP contribution >= 0.6 is 12.4 Å². The van der Waals surface area contributed by atoms with E-state index >= 15 is 0 Å². The van der Waals surface area contributed by atoms with Crippen LogP contribution in [0.4, 0.5) is 0 Å². The number of halogens is 1. The summed E-state index contributed by atoms with van der Waals surface area (Å²) < 4.78 is 0. The fourth-order valence-corrected chi connectivity index (χ4v) is 1.24. The number of H-pyrrole nitrogens is 1. The number of aromatic amines is 1. The second-order valence-electron chi connectivity index (χ2n) is 3.03. The number of rotatable bonds is 6. The van der Waals surface area contributed by atoms with E-state index in [0.29, 0.717) is 0 Å². The molecule has 1 aromatic heterocycles. The Morgan fingerprint density at radius 1 is 1.06 bits per heavy atom. The molecule has 0 aliphatic carbocycles. The van der Waals surface area contributed by atoms with Crippen molar-refractivity contribution in [3.8, 4) is 0 Å². The molecule has 0 amide bonds. The van der Waals surface area contributed by atoms with E-state index in [0.717, 1.165) is 19.4 Å². The van der Waals surface area contributed by atoms with E-state index < -0.39 is 0 Å². The van der Waals surface area contributed by atoms with Crippen LogP contribution < -0.4 is 24.2 Å². The van der Waals surface area contributed by atoms with Gasteiger partial charge in [-0.2, -0.15) is 5.10 Å². The van der Waals surface area contributed by atoms with E-state index in [1.165, 1.54) is 25.0 Å². The average Bonchev–Trinajstić information content (AvgIpc) is 2.57. The van der Waals surface area contributed by atoms with Crippen molar-refractivity contribution in [3.63, 3.8) is 0 Å². The zero-order chi connectivity index (χ0) is 8.65. The fourth-order valence-electron chi connectivity index (χ4n) is 1.24. The summed E-state index contributed by atoms with van der Waals surface area (Å²) in [5, 5.41) is 6.85. The van der Waals surface area contributed by atoms with E-state index in [1.54, 1.807) is 6.20 Å². The summed E-state index contributed by atoms with van der Waals surface area (Å²) in [6, 6.07) is 2.03. The largest absolute Gasteiger partial charge is 0.344 e. The van der Waals surface area contributed by atoms with Crippen molar-refractivity contribution >= 4 is 12.4 Å². The second kappa shape index (κ2) is 16.8. The van der Waals surface area contributed by atoms with Crippen LogP contribution in [0.1, 0.15) is 31.4 Å². The SMILES string of the molecule is Cl.N.N.N.NCCCCCCc1ccn[nH]1. The Balaban J connectivity index is -0.000000180. The molecule has 100 valence electrons. The van der Waals surface area contributed by atoms with Crippen molar-refractivity contribution in [1.29, 1.82) is 0 Å². The van der Waals surface area contributed by atoms with E-state index in [4.69, 9.17) is 5.73 Å². The highest BCUT2D eigenvalue weighted by atomic mass is 35.5. The van der Waals surface area contributed by atoms with Crippen LogP contribution in [0.15, 0.2) is 12.3 Å². The molecule has 0 saturated carbocycles. The zero-order valence-corrected chi connectivity index (χ0v) is 10.8. The lowest BCUT2D eigenvalue weighted by molar-refractivity contribution is 0.641. The molecule has 0 saturated heterocycles. The molecule has 0 spiro atoms. The van der Waals surface area contributed by atoms with Gasteiger partial charge in [-0.1, -0.05) is 12.8 Å². The van der Waals surface area contributed by atoms with Gasteiger partial charge in [0.1, 0.15) is 0 Å². The number of hydrogen-bond donors (Lipinski definition) is 5. The van der Waals surface area contributed by atoms with E-state index in [2.05, 4.69) is 10.2 Å². The lowest BCUT2D eigenvalue weighted by Gasteiger charge is -1.97. The highest BCUT2D eigenvalue weighted by Gasteiger charge is 1.93. The average molecular weight is 255 g/mol. The van der Waals surface area contributed by atoms with Crippen LogP contribution in [0.3, 0.4) is 0 Å². The van der Waals surface area contributed by atoms with E-state index in [9.17, 15) is 0 Å². The van der Waals surface area contributed by atoms with Crippen LogP contribution in [0.2, 0.25) is 0 Å². The quantitative estimate of drug-likeness (QED) is 0.492. The van der Waals surface area contributed by atoms with Gasteiger partial charge in [-0.25, -0.2) is 0 Å². The molecule has 0 aliphatic rings. The number of aryl methyl sites for hydroxylation is 1. The Morgan fingerprint density at radius 3 is 2.19 bits per heavy atom. The fraction of sp³-hybridized carbons (Fsp3) is 0.667. The summed E-state index contributed by atoms with van der Waals surface area (Å²) in [5.74, 6) is 0. The number of nitrogens with two attached hydrogens (primary N) is 1. The van der Waals surface area contributed by atoms with Gasteiger partial charge in [0.05, 0.1) is 0 Å². The van der Waals surface area contributed by atoms with Crippen molar-refractivity contribution in [1.82, 2.24) is 28.6 Å². The predicted molar refractivity (Wildman–Crippen MR) is 72.1 cm³/mol. The third-order valence-electron chi connectivity index (χ3n) is 1.96. The molecule has 7 heteroatoms. The van der Waals surface area contributed by atoms with Crippen molar-refractivity contribution in [2.75, 3.05) is 6.54 Å². The molecule has 16 heavy (non-hydrogen) atoms. The molecule has 1 heterocycles. The minimum Gasteiger partial charge on any atom is -0.344 e. The number of nitrogens with one attached hydrogen (secondary N) is 1. The second-order valence-corrected chi connectivity index (χ2v) is 3.03. The van der Waals surface area contributed by atoms with Gasteiger partial charge in [0.25, 0.3) is 0 Å². The number of nitrogens with zero attached hydrogens (tertiary/aromatic N) is 1. The Morgan fingerprint density at radius 2 is 1.69 bits per heavy atom. The molecule has 1 aromatic rings. The van der Waals surface area contributed by atoms with E-state index in [-0.39, 0.29) is 30.9 Å². The minimum atomic E-state index is 0. The highest BCUT2D eigenvalue weighted by molar-refractivity contribution is 5.85. The van der Waals surface area contributed by atoms with E-state index in [1.807, 2.05) is 6.07 Å². The molecule has 1 rings (SSSR count). The molecular formula is C9H27ClN6. The van der Waals surface area contributed by atoms with Gasteiger partial charge in [-0.3, -0.25) is 5.10 Å². The summed E-state index contributed by atoms with van der Waals surface area (Å²) in [6.07, 6.45) is 7.84. The highest BCUT2D eigenvalue weighted by Crippen LogP contribution is 2.04. The summed E-state index contributed by atoms with van der Waals surface area (Å²) in [6.45, 7) is 0.823. The maximum Gasteiger partial charge on any atom is 0.0490 e. The van der Waals surface area contributed by atoms with Crippen LogP contribution in [0.25, 0.3) is 0 Å². The van der Waals surface area contributed by atoms with Crippen LogP contribution in [0, 0.1) is 0 Å². The summed E-state index contributed by atoms with van der Waals surface area (Å²) in [5.41, 5.74) is 6.63. The normalized spacial score (nSPS) is 7.81. The first-order valence-corrected chi connectivity index (χ1v) is 4.62. The smallest absolute Gasteiger partial charge is 0.0490 e. The first-order valence-electron chi connectivity index (χ1n) is 4.62. The number of unbranched alkanes of at least 4 members (excludes halogenated alkanes) is 3. The molecule has 0 atom stereocenters. The summed E-state index contributed by atoms with van der Waals surface area (Å²) >= 11 is 0. The molecule has 0 aromatic carbocycles. The van der Waals surface area contributed by atoms with Crippen molar-refractivity contribution in [3.05, 3.63) is 18.0 Å². The third kappa shape index (κ3) is 11.4. The first kappa shape index (κ1) is 24.5. The monoisotopic (exact) mass is 254 g/mol. The lowest BCUT2D eigenvalue weighted by Crippen LogP contribution is -1.97. The summed E-state index contributed by atoms with van der Waals surface area (Å²) in [7, 11) is 0. The Labute approximate surface area is 104 Å². The molecule has 12 N–H and O–H groups in total. The van der Waals surface area contributed by atoms with Gasteiger partial charge in [-0.15, -0.1) is 12.4 Å². The Hall–Kier alpha value is -0.660. The molecule has 0 bridgehead atoms. The van der Waals surface area contributed by atoms with Gasteiger partial charge < -0.3 is 24.2 Å². The predicted octanol–water partition coefficient (Wildman–Crippen LogP) is 2.38. The molecule has 6 nitrogen and oxygen atoms in total. The number of hydrogen-bond acceptors (Lipinski definition) is 5. The molecule has 0 unspecified atom stereocenters. The maximum atomic E-state index is 5.39. The van der Waals surface area contributed by atoms with Crippen molar-refractivity contribution < 1.29 is 0 Å². The first-order chi connectivity index (χ1) is 5.93. The topological polar surface area (TPSA) is 160 Å². The Bertz CT molecular complexity index is 192. The van der Waals surface area contributed by atoms with Crippen LogP contribution in [-0.4, -0.2) is 16.7 Å². The van der Waals surface area contributed by atoms with Crippen LogP contribution in [0.5, 0.6) is 0 Å². The maximum absolute atomic E-state index is 5.39. The zero-order valence-electron chi connectivity index (χ0n) is 9.95. The Kier molecular flexibility index (Phi) is 25.7. The lowest BCUT2D eigenvalue weighted by atomic mass is 10.1. The van der Waals surface area contributed by atoms with Gasteiger partial charge in [-0.05, 0) is 31.9 Å². The number of aromatic nitrogens is 2. The van der Waals surface area contributed by atoms with Crippen molar-refractivity contribution in [2.45, 2.75) is 32.1 Å². The van der Waals surface area contributed by atoms with Gasteiger partial charge >= 0.3 is 0 Å². The van der Waals surface area contributed by atoms with Gasteiger partial charge in [0, 0.05) is 11.9 Å². The van der Waals surface area contributed by atoms with Crippen molar-refractivity contribution in [2.24, 2.45) is 5.73 Å². The molecule has 0 radical (unpaired) electrons. The van der Waals surface area contributed by atoms with Gasteiger partial charge in [0.2, 0.25) is 0 Å². The molecular weight excluding hydrogens is 228 g/mol. The standard InChI is InChI=1S/C9H17N3.ClH.3H3N/c10-7-4-2-1-3-5-9-6-8-11-12-9;;;;/h6,8H,1-5,7,10H2,(H,11,12);1H;3*1H3.